The molecular weight excluding hydrogens is 388 g/mol. The molecule has 5 nitrogen and oxygen atoms in total. The van der Waals surface area contributed by atoms with Crippen LogP contribution in [0.2, 0.25) is 0 Å². The van der Waals surface area contributed by atoms with E-state index in [0.29, 0.717) is 17.5 Å². The van der Waals surface area contributed by atoms with Gasteiger partial charge in [0.15, 0.2) is 5.78 Å². The maximum Gasteiger partial charge on any atom is 0.325 e. The lowest BCUT2D eigenvalue weighted by molar-refractivity contribution is -0.130. The normalized spacial score (nSPS) is 18.5. The number of ketones is 1. The number of aryl methyl sites for hydroxylation is 2. The van der Waals surface area contributed by atoms with E-state index in [4.69, 9.17) is 0 Å². The van der Waals surface area contributed by atoms with Gasteiger partial charge in [-0.15, -0.1) is 0 Å². The molecule has 0 aliphatic carbocycles. The van der Waals surface area contributed by atoms with E-state index in [-0.39, 0.29) is 12.3 Å². The van der Waals surface area contributed by atoms with E-state index in [9.17, 15) is 14.4 Å². The number of fused-ring (bicyclic) bond motifs is 1. The van der Waals surface area contributed by atoms with Crippen LogP contribution < -0.4 is 5.32 Å². The molecule has 0 spiro atoms. The van der Waals surface area contributed by atoms with Gasteiger partial charge in [-0.25, -0.2) is 4.79 Å². The summed E-state index contributed by atoms with van der Waals surface area (Å²) in [6.45, 7) is 5.44. The van der Waals surface area contributed by atoms with E-state index >= 15 is 0 Å². The Labute approximate surface area is 182 Å². The van der Waals surface area contributed by atoms with Gasteiger partial charge in [0.1, 0.15) is 5.54 Å². The van der Waals surface area contributed by atoms with Crippen LogP contribution in [0, 0.1) is 0 Å². The Bertz CT molecular complexity index is 1200. The summed E-state index contributed by atoms with van der Waals surface area (Å²) in [7, 11) is 0. The number of carbonyl (C=O) groups excluding carboxylic acids is 3. The van der Waals surface area contributed by atoms with E-state index in [1.165, 1.54) is 0 Å². The van der Waals surface area contributed by atoms with E-state index in [1.54, 1.807) is 6.92 Å². The van der Waals surface area contributed by atoms with Crippen molar-refractivity contribution >= 4 is 28.5 Å². The van der Waals surface area contributed by atoms with Crippen molar-refractivity contribution in [2.75, 3.05) is 6.54 Å². The molecule has 3 amide bonds. The zero-order valence-corrected chi connectivity index (χ0v) is 18.1. The van der Waals surface area contributed by atoms with Gasteiger partial charge in [-0.2, -0.15) is 0 Å². The number of imide groups is 1. The summed E-state index contributed by atoms with van der Waals surface area (Å²) in [6.07, 6.45) is 1.52. The maximum atomic E-state index is 13.3. The van der Waals surface area contributed by atoms with Crippen LogP contribution in [0.15, 0.2) is 60.7 Å². The molecule has 0 saturated carbocycles. The number of nitrogens with zero attached hydrogens (tertiary/aromatic N) is 1. The summed E-state index contributed by atoms with van der Waals surface area (Å²) in [4.78, 5) is 40.2. The highest BCUT2D eigenvalue weighted by Gasteiger charge is 2.49. The van der Waals surface area contributed by atoms with E-state index < -0.39 is 17.5 Å². The molecule has 4 rings (SSSR count). The van der Waals surface area contributed by atoms with Crippen molar-refractivity contribution in [3.05, 3.63) is 82.9 Å². The van der Waals surface area contributed by atoms with Crippen molar-refractivity contribution in [1.82, 2.24) is 10.2 Å². The third-order valence-electron chi connectivity index (χ3n) is 6.17. The molecule has 3 aromatic carbocycles. The third-order valence-corrected chi connectivity index (χ3v) is 6.17. The van der Waals surface area contributed by atoms with Crippen LogP contribution in [-0.2, 0) is 23.2 Å². The fraction of sp³-hybridized carbons (Fsp3) is 0.269. The smallest absolute Gasteiger partial charge is 0.319 e. The average molecular weight is 415 g/mol. The van der Waals surface area contributed by atoms with Crippen LogP contribution in [0.25, 0.3) is 10.8 Å². The van der Waals surface area contributed by atoms with Gasteiger partial charge >= 0.3 is 6.03 Å². The summed E-state index contributed by atoms with van der Waals surface area (Å²) >= 11 is 0. The van der Waals surface area contributed by atoms with Crippen molar-refractivity contribution in [3.63, 3.8) is 0 Å². The standard InChI is InChI=1S/C26H26N2O3/c1-4-17-10-11-18(5-2)22(14-17)23(29)16-28-24(30)26(3,27-25(28)31)21-13-12-19-8-6-7-9-20(19)15-21/h6-15H,4-5,16H2,1-3H3,(H,27,31). The molecule has 1 aliphatic rings. The first-order valence-corrected chi connectivity index (χ1v) is 10.7. The Hall–Kier alpha value is -3.47. The van der Waals surface area contributed by atoms with Crippen LogP contribution in [-0.4, -0.2) is 29.2 Å². The molecule has 31 heavy (non-hydrogen) atoms. The van der Waals surface area contributed by atoms with Crippen LogP contribution in [0.5, 0.6) is 0 Å². The second kappa shape index (κ2) is 7.99. The molecule has 5 heteroatoms. The highest BCUT2D eigenvalue weighted by molar-refractivity contribution is 6.11. The number of Topliss-reactive ketones (excluding diaryl/α,β-unsaturated/α-hetero) is 1. The van der Waals surface area contributed by atoms with E-state index in [1.807, 2.05) is 74.5 Å². The molecule has 0 radical (unpaired) electrons. The highest BCUT2D eigenvalue weighted by Crippen LogP contribution is 2.31. The minimum Gasteiger partial charge on any atom is -0.319 e. The Morgan fingerprint density at radius 2 is 1.68 bits per heavy atom. The Morgan fingerprint density at radius 1 is 0.935 bits per heavy atom. The average Bonchev–Trinajstić information content (AvgIpc) is 3.02. The zero-order valence-electron chi connectivity index (χ0n) is 18.1. The molecule has 1 N–H and O–H groups in total. The molecule has 1 atom stereocenters. The quantitative estimate of drug-likeness (QED) is 0.473. The van der Waals surface area contributed by atoms with Crippen molar-refractivity contribution in [3.8, 4) is 0 Å². The van der Waals surface area contributed by atoms with Gasteiger partial charge in [0.05, 0.1) is 6.54 Å². The topological polar surface area (TPSA) is 66.5 Å². The highest BCUT2D eigenvalue weighted by atomic mass is 16.2. The van der Waals surface area contributed by atoms with Crippen molar-refractivity contribution in [2.24, 2.45) is 0 Å². The minimum atomic E-state index is -1.21. The fourth-order valence-corrected chi connectivity index (χ4v) is 4.18. The second-order valence-electron chi connectivity index (χ2n) is 8.13. The molecule has 3 aromatic rings. The van der Waals surface area contributed by atoms with Gasteiger partial charge in [-0.1, -0.05) is 62.4 Å². The SMILES string of the molecule is CCc1ccc(CC)c(C(=O)CN2C(=O)NC(C)(c3ccc4ccccc4c3)C2=O)c1. The van der Waals surface area contributed by atoms with Gasteiger partial charge in [0.2, 0.25) is 0 Å². The lowest BCUT2D eigenvalue weighted by Gasteiger charge is -2.22. The Morgan fingerprint density at radius 3 is 2.39 bits per heavy atom. The molecule has 1 unspecified atom stereocenters. The van der Waals surface area contributed by atoms with Crippen LogP contribution in [0.4, 0.5) is 4.79 Å². The largest absolute Gasteiger partial charge is 0.325 e. The molecule has 1 aliphatic heterocycles. The van der Waals surface area contributed by atoms with E-state index in [0.717, 1.165) is 33.2 Å². The molecule has 158 valence electrons. The second-order valence-corrected chi connectivity index (χ2v) is 8.13. The summed E-state index contributed by atoms with van der Waals surface area (Å²) < 4.78 is 0. The van der Waals surface area contributed by atoms with Crippen LogP contribution >= 0.6 is 0 Å². The summed E-state index contributed by atoms with van der Waals surface area (Å²) in [5.41, 5.74) is 2.05. The molecular formula is C26H26N2O3. The summed E-state index contributed by atoms with van der Waals surface area (Å²) in [5, 5.41) is 4.85. The molecule has 1 fully saturated rings. The van der Waals surface area contributed by atoms with Gasteiger partial charge in [0.25, 0.3) is 5.91 Å². The van der Waals surface area contributed by atoms with Gasteiger partial charge < -0.3 is 5.32 Å². The first kappa shape index (κ1) is 20.8. The predicted molar refractivity (Wildman–Crippen MR) is 121 cm³/mol. The monoisotopic (exact) mass is 414 g/mol. The van der Waals surface area contributed by atoms with Gasteiger partial charge in [-0.05, 0) is 59.4 Å². The molecule has 1 saturated heterocycles. The molecule has 1 heterocycles. The van der Waals surface area contributed by atoms with Gasteiger partial charge in [-0.3, -0.25) is 14.5 Å². The maximum absolute atomic E-state index is 13.3. The number of benzene rings is 3. The number of amides is 3. The number of carbonyl (C=O) groups is 3. The first-order chi connectivity index (χ1) is 14.9. The van der Waals surface area contributed by atoms with Gasteiger partial charge in [0, 0.05) is 5.56 Å². The summed E-state index contributed by atoms with van der Waals surface area (Å²) in [6, 6.07) is 18.9. The number of hydrogen-bond donors (Lipinski definition) is 1. The summed E-state index contributed by atoms with van der Waals surface area (Å²) in [5.74, 6) is -0.635. The zero-order chi connectivity index (χ0) is 22.2. The fourth-order valence-electron chi connectivity index (χ4n) is 4.18. The van der Waals surface area contributed by atoms with Crippen LogP contribution in [0.1, 0.15) is 47.8 Å². The predicted octanol–water partition coefficient (Wildman–Crippen LogP) is 4.61. The first-order valence-electron chi connectivity index (χ1n) is 10.7. The number of urea groups is 1. The third kappa shape index (κ3) is 3.61. The number of nitrogens with one attached hydrogen (secondary N) is 1. The number of hydrogen-bond acceptors (Lipinski definition) is 3. The minimum absolute atomic E-state index is 0.224. The lowest BCUT2D eigenvalue weighted by Crippen LogP contribution is -2.41. The van der Waals surface area contributed by atoms with E-state index in [2.05, 4.69) is 5.32 Å². The van der Waals surface area contributed by atoms with Crippen molar-refractivity contribution < 1.29 is 14.4 Å². The van der Waals surface area contributed by atoms with Crippen LogP contribution in [0.3, 0.4) is 0 Å². The Kier molecular flexibility index (Phi) is 5.36. The number of rotatable bonds is 6. The lowest BCUT2D eigenvalue weighted by atomic mass is 9.90. The molecule has 0 aromatic heterocycles. The Balaban J connectivity index is 1.63. The molecule has 0 bridgehead atoms. The van der Waals surface area contributed by atoms with Crippen molar-refractivity contribution in [2.45, 2.75) is 39.2 Å². The van der Waals surface area contributed by atoms with Crippen molar-refractivity contribution in [1.29, 1.82) is 0 Å².